The van der Waals surface area contributed by atoms with E-state index < -0.39 is 0 Å². The van der Waals surface area contributed by atoms with Crippen molar-refractivity contribution in [3.05, 3.63) is 30.1 Å². The van der Waals surface area contributed by atoms with E-state index in [-0.39, 0.29) is 5.97 Å². The molecule has 0 spiro atoms. The zero-order chi connectivity index (χ0) is 13.9. The number of nitrogens with zero attached hydrogens (tertiary/aromatic N) is 1. The molecule has 0 amide bonds. The molecule has 1 unspecified atom stereocenters. The summed E-state index contributed by atoms with van der Waals surface area (Å²) in [5.74, 6) is 0.282. The third kappa shape index (κ3) is 6.34. The largest absolute Gasteiger partial charge is 0.469 e. The third-order valence-electron chi connectivity index (χ3n) is 3.35. The van der Waals surface area contributed by atoms with Crippen LogP contribution in [0.15, 0.2) is 24.5 Å². The molecule has 1 rings (SSSR count). The molecule has 0 fully saturated rings. The highest BCUT2D eigenvalue weighted by atomic mass is 16.5. The van der Waals surface area contributed by atoms with Gasteiger partial charge in [-0.15, -0.1) is 0 Å². The van der Waals surface area contributed by atoms with E-state index in [2.05, 4.69) is 15.8 Å². The van der Waals surface area contributed by atoms with Crippen LogP contribution in [-0.2, 0) is 9.53 Å². The Morgan fingerprint density at radius 2 is 2.16 bits per heavy atom. The zero-order valence-corrected chi connectivity index (χ0v) is 11.7. The van der Waals surface area contributed by atoms with E-state index in [4.69, 9.17) is 5.73 Å². The number of carbonyl (C=O) groups excluding carboxylic acids is 1. The first-order valence-electron chi connectivity index (χ1n) is 6.94. The highest BCUT2D eigenvalue weighted by Crippen LogP contribution is 2.20. The van der Waals surface area contributed by atoms with E-state index in [1.54, 1.807) is 6.20 Å². The quantitative estimate of drug-likeness (QED) is 0.550. The molecule has 106 valence electrons. The fraction of sp³-hybridized carbons (Fsp3) is 0.600. The molecule has 0 radical (unpaired) electrons. The number of carbonyl (C=O) groups is 1. The number of rotatable bonds is 9. The van der Waals surface area contributed by atoms with E-state index in [1.165, 1.54) is 12.7 Å². The molecular formula is C15H24N2O2. The molecule has 0 aromatic carbocycles. The normalized spacial score (nSPS) is 12.1. The van der Waals surface area contributed by atoms with Crippen LogP contribution in [-0.4, -0.2) is 24.6 Å². The number of pyridine rings is 1. The van der Waals surface area contributed by atoms with Crippen molar-refractivity contribution in [2.24, 2.45) is 5.73 Å². The summed E-state index contributed by atoms with van der Waals surface area (Å²) in [4.78, 5) is 15.1. The van der Waals surface area contributed by atoms with Crippen LogP contribution < -0.4 is 5.73 Å². The number of methoxy groups -OCH3 is 1. The Kier molecular flexibility index (Phi) is 7.82. The molecule has 0 saturated heterocycles. The number of ether oxygens (including phenoxy) is 1. The maximum Gasteiger partial charge on any atom is 0.305 e. The van der Waals surface area contributed by atoms with Gasteiger partial charge in [0.1, 0.15) is 0 Å². The second-order valence-electron chi connectivity index (χ2n) is 4.75. The molecule has 0 bridgehead atoms. The van der Waals surface area contributed by atoms with Crippen molar-refractivity contribution in [2.75, 3.05) is 13.7 Å². The molecule has 1 aromatic rings. The van der Waals surface area contributed by atoms with E-state index in [1.807, 2.05) is 12.3 Å². The molecule has 0 aliphatic rings. The van der Waals surface area contributed by atoms with Crippen molar-refractivity contribution in [1.29, 1.82) is 0 Å². The number of esters is 1. The summed E-state index contributed by atoms with van der Waals surface area (Å²) in [5, 5.41) is 0. The van der Waals surface area contributed by atoms with Gasteiger partial charge in [-0.3, -0.25) is 9.78 Å². The van der Waals surface area contributed by atoms with Gasteiger partial charge in [0, 0.05) is 18.8 Å². The Bertz CT molecular complexity index is 354. The number of nitrogens with two attached hydrogens (primary N) is 1. The number of aromatic nitrogens is 1. The number of hydrogen-bond donors (Lipinski definition) is 1. The summed E-state index contributed by atoms with van der Waals surface area (Å²) >= 11 is 0. The van der Waals surface area contributed by atoms with E-state index >= 15 is 0 Å². The first-order chi connectivity index (χ1) is 9.27. The minimum Gasteiger partial charge on any atom is -0.469 e. The fourth-order valence-electron chi connectivity index (χ4n) is 2.15. The van der Waals surface area contributed by atoms with Crippen LogP contribution in [0.25, 0.3) is 0 Å². The molecule has 2 N–H and O–H groups in total. The van der Waals surface area contributed by atoms with Crippen LogP contribution in [0.4, 0.5) is 0 Å². The topological polar surface area (TPSA) is 65.2 Å². The van der Waals surface area contributed by atoms with Gasteiger partial charge in [0.05, 0.1) is 7.11 Å². The van der Waals surface area contributed by atoms with Gasteiger partial charge in [0.25, 0.3) is 0 Å². The lowest BCUT2D eigenvalue weighted by Crippen LogP contribution is -2.12. The molecule has 19 heavy (non-hydrogen) atoms. The fourth-order valence-corrected chi connectivity index (χ4v) is 2.15. The summed E-state index contributed by atoms with van der Waals surface area (Å²) < 4.78 is 4.61. The molecule has 0 aliphatic heterocycles. The second-order valence-corrected chi connectivity index (χ2v) is 4.75. The van der Waals surface area contributed by atoms with Gasteiger partial charge in [-0.25, -0.2) is 0 Å². The zero-order valence-electron chi connectivity index (χ0n) is 11.7. The van der Waals surface area contributed by atoms with Gasteiger partial charge in [0.2, 0.25) is 0 Å². The lowest BCUT2D eigenvalue weighted by Gasteiger charge is -2.14. The smallest absolute Gasteiger partial charge is 0.305 e. The van der Waals surface area contributed by atoms with Gasteiger partial charge < -0.3 is 10.5 Å². The van der Waals surface area contributed by atoms with Crippen molar-refractivity contribution < 1.29 is 9.53 Å². The lowest BCUT2D eigenvalue weighted by molar-refractivity contribution is -0.140. The standard InChI is InChI=1S/C15H24N2O2/c1-19-15(18)9-5-3-2-4-7-13(11-16)14-8-6-10-17-12-14/h6,8,10,12-13H,2-5,7,9,11,16H2,1H3. The average Bonchev–Trinajstić information content (AvgIpc) is 2.47. The van der Waals surface area contributed by atoms with Crippen LogP contribution in [0.1, 0.15) is 50.0 Å². The van der Waals surface area contributed by atoms with Gasteiger partial charge >= 0.3 is 5.97 Å². The van der Waals surface area contributed by atoms with Crippen molar-refractivity contribution >= 4 is 5.97 Å². The minimum absolute atomic E-state index is 0.116. The summed E-state index contributed by atoms with van der Waals surface area (Å²) in [7, 11) is 1.43. The molecule has 1 atom stereocenters. The number of unbranched alkanes of at least 4 members (excludes halogenated alkanes) is 3. The van der Waals surface area contributed by atoms with Crippen LogP contribution >= 0.6 is 0 Å². The van der Waals surface area contributed by atoms with Gasteiger partial charge in [-0.2, -0.15) is 0 Å². The lowest BCUT2D eigenvalue weighted by atomic mass is 9.94. The predicted molar refractivity (Wildman–Crippen MR) is 75.8 cm³/mol. The van der Waals surface area contributed by atoms with Crippen LogP contribution in [0, 0.1) is 0 Å². The summed E-state index contributed by atoms with van der Waals surface area (Å²) in [5.41, 5.74) is 7.04. The maximum absolute atomic E-state index is 10.9. The Balaban J connectivity index is 2.15. The van der Waals surface area contributed by atoms with Crippen LogP contribution in [0.3, 0.4) is 0 Å². The van der Waals surface area contributed by atoms with Gasteiger partial charge in [-0.1, -0.05) is 25.3 Å². The SMILES string of the molecule is COC(=O)CCCCCCC(CN)c1cccnc1. The average molecular weight is 264 g/mol. The predicted octanol–water partition coefficient (Wildman–Crippen LogP) is 2.64. The van der Waals surface area contributed by atoms with Crippen LogP contribution in [0.5, 0.6) is 0 Å². The Labute approximate surface area is 115 Å². The van der Waals surface area contributed by atoms with E-state index in [0.29, 0.717) is 18.9 Å². The maximum atomic E-state index is 10.9. The van der Waals surface area contributed by atoms with Crippen molar-refractivity contribution in [1.82, 2.24) is 4.98 Å². The molecule has 0 saturated carbocycles. The van der Waals surface area contributed by atoms with Gasteiger partial charge in [-0.05, 0) is 36.9 Å². The third-order valence-corrected chi connectivity index (χ3v) is 3.35. The van der Waals surface area contributed by atoms with E-state index in [0.717, 1.165) is 32.1 Å². The molecular weight excluding hydrogens is 240 g/mol. The summed E-state index contributed by atoms with van der Waals surface area (Å²) in [6.45, 7) is 0.661. The van der Waals surface area contributed by atoms with Crippen LogP contribution in [0.2, 0.25) is 0 Å². The second kappa shape index (κ2) is 9.50. The Hall–Kier alpha value is -1.42. The van der Waals surface area contributed by atoms with Crippen molar-refractivity contribution in [2.45, 2.75) is 44.4 Å². The first-order valence-corrected chi connectivity index (χ1v) is 6.94. The molecule has 4 heteroatoms. The highest BCUT2D eigenvalue weighted by Gasteiger charge is 2.09. The molecule has 1 aromatic heterocycles. The molecule has 0 aliphatic carbocycles. The minimum atomic E-state index is -0.116. The first kappa shape index (κ1) is 15.6. The van der Waals surface area contributed by atoms with E-state index in [9.17, 15) is 4.79 Å². The molecule has 1 heterocycles. The molecule has 4 nitrogen and oxygen atoms in total. The summed E-state index contributed by atoms with van der Waals surface area (Å²) in [6, 6.07) is 4.04. The monoisotopic (exact) mass is 264 g/mol. The summed E-state index contributed by atoms with van der Waals surface area (Å²) in [6.07, 6.45) is 9.54. The number of hydrogen-bond acceptors (Lipinski definition) is 4. The Morgan fingerprint density at radius 1 is 1.37 bits per heavy atom. The van der Waals surface area contributed by atoms with Crippen molar-refractivity contribution in [3.8, 4) is 0 Å². The Morgan fingerprint density at radius 3 is 2.79 bits per heavy atom. The van der Waals surface area contributed by atoms with Gasteiger partial charge in [0.15, 0.2) is 0 Å². The highest BCUT2D eigenvalue weighted by molar-refractivity contribution is 5.68. The van der Waals surface area contributed by atoms with Crippen molar-refractivity contribution in [3.63, 3.8) is 0 Å².